The van der Waals surface area contributed by atoms with Crippen LogP contribution in [0.2, 0.25) is 0 Å². The van der Waals surface area contributed by atoms with E-state index in [4.69, 9.17) is 0 Å². The molecule has 128 valence electrons. The first kappa shape index (κ1) is 17.3. The molecule has 0 saturated heterocycles. The van der Waals surface area contributed by atoms with Gasteiger partial charge in [0.25, 0.3) is 0 Å². The van der Waals surface area contributed by atoms with Crippen LogP contribution >= 0.6 is 11.3 Å². The van der Waals surface area contributed by atoms with Gasteiger partial charge in [0.05, 0.1) is 29.1 Å². The molecule has 1 N–H and O–H groups in total. The number of aliphatic hydroxyl groups is 1. The molecule has 25 heavy (non-hydrogen) atoms. The number of ketones is 1. The molecule has 0 unspecified atom stereocenters. The molecule has 0 radical (unpaired) electrons. The van der Waals surface area contributed by atoms with E-state index in [9.17, 15) is 9.90 Å². The molecule has 3 aromatic rings. The average Bonchev–Trinajstić information content (AvgIpc) is 2.93. The van der Waals surface area contributed by atoms with Gasteiger partial charge in [-0.25, -0.2) is 4.99 Å². The van der Waals surface area contributed by atoms with Crippen LogP contribution in [0.4, 0.5) is 5.69 Å². The quantitative estimate of drug-likeness (QED) is 0.715. The Morgan fingerprint density at radius 1 is 1.24 bits per heavy atom. The molecule has 1 aromatic carbocycles. The number of rotatable bonds is 5. The molecule has 2 aromatic heterocycles. The van der Waals surface area contributed by atoms with Crippen molar-refractivity contribution in [1.82, 2.24) is 9.55 Å². The van der Waals surface area contributed by atoms with Crippen molar-refractivity contribution in [2.24, 2.45) is 4.99 Å². The molecule has 0 spiro atoms. The van der Waals surface area contributed by atoms with Crippen LogP contribution in [-0.2, 0) is 6.54 Å². The van der Waals surface area contributed by atoms with Crippen molar-refractivity contribution in [2.45, 2.75) is 20.4 Å². The van der Waals surface area contributed by atoms with E-state index in [0.717, 1.165) is 17.0 Å². The van der Waals surface area contributed by atoms with Gasteiger partial charge in [-0.1, -0.05) is 41.7 Å². The minimum absolute atomic E-state index is 0.00665. The number of nitrogens with zero attached hydrogens (tertiary/aromatic N) is 3. The normalized spacial score (nSPS) is 11.7. The first-order chi connectivity index (χ1) is 12.1. The van der Waals surface area contributed by atoms with Crippen LogP contribution < -0.4 is 4.80 Å². The summed E-state index contributed by atoms with van der Waals surface area (Å²) in [6.45, 7) is 3.82. The van der Waals surface area contributed by atoms with Crippen LogP contribution in [0.25, 0.3) is 11.3 Å². The number of aliphatic hydroxyl groups excluding tert-OH is 1. The van der Waals surface area contributed by atoms with Gasteiger partial charge in [-0.15, -0.1) is 0 Å². The van der Waals surface area contributed by atoms with Gasteiger partial charge in [0.15, 0.2) is 10.6 Å². The maximum Gasteiger partial charge on any atom is 0.190 e. The average molecular weight is 353 g/mol. The van der Waals surface area contributed by atoms with Gasteiger partial charge >= 0.3 is 0 Å². The molecular formula is C19H19N3O2S. The molecule has 0 aliphatic carbocycles. The van der Waals surface area contributed by atoms with E-state index in [1.54, 1.807) is 13.1 Å². The number of hydrogen-bond acceptors (Lipinski definition) is 5. The molecule has 0 fully saturated rings. The Kier molecular flexibility index (Phi) is 5.21. The lowest BCUT2D eigenvalue weighted by Gasteiger charge is -2.04. The number of hydrogen-bond donors (Lipinski definition) is 1. The van der Waals surface area contributed by atoms with E-state index in [-0.39, 0.29) is 12.4 Å². The van der Waals surface area contributed by atoms with Crippen molar-refractivity contribution in [3.63, 3.8) is 0 Å². The van der Waals surface area contributed by atoms with E-state index in [2.05, 4.69) is 9.98 Å². The Morgan fingerprint density at radius 2 is 2.00 bits per heavy atom. The second kappa shape index (κ2) is 7.55. The van der Waals surface area contributed by atoms with E-state index >= 15 is 0 Å². The van der Waals surface area contributed by atoms with Gasteiger partial charge in [-0.05, 0) is 19.1 Å². The summed E-state index contributed by atoms with van der Waals surface area (Å²) in [4.78, 5) is 22.2. The smallest absolute Gasteiger partial charge is 0.190 e. The SMILES string of the molecule is CC(=O)c1sc(=Nc2ccc(-c3ccccc3)nc2)n(CCO)c1C. The second-order valence-corrected chi connectivity index (χ2v) is 6.59. The van der Waals surface area contributed by atoms with Crippen LogP contribution in [0.1, 0.15) is 22.3 Å². The fourth-order valence-electron chi connectivity index (χ4n) is 2.60. The van der Waals surface area contributed by atoms with Gasteiger partial charge in [-0.2, -0.15) is 0 Å². The first-order valence-corrected chi connectivity index (χ1v) is 8.80. The van der Waals surface area contributed by atoms with Crippen molar-refractivity contribution in [2.75, 3.05) is 6.61 Å². The van der Waals surface area contributed by atoms with Gasteiger partial charge in [0.1, 0.15) is 0 Å². The number of Topliss-reactive ketones (excluding diaryl/α,β-unsaturated/α-hetero) is 1. The largest absolute Gasteiger partial charge is 0.395 e. The third-order valence-electron chi connectivity index (χ3n) is 3.84. The molecule has 0 amide bonds. The minimum atomic E-state index is -0.00665. The van der Waals surface area contributed by atoms with Crippen LogP contribution in [0.3, 0.4) is 0 Å². The highest BCUT2D eigenvalue weighted by molar-refractivity contribution is 7.11. The zero-order valence-electron chi connectivity index (χ0n) is 14.1. The molecule has 6 heteroatoms. The third-order valence-corrected chi connectivity index (χ3v) is 5.12. The Labute approximate surface area is 150 Å². The lowest BCUT2D eigenvalue weighted by molar-refractivity contribution is 0.102. The highest BCUT2D eigenvalue weighted by Gasteiger charge is 2.13. The Hall–Kier alpha value is -2.57. The molecular weight excluding hydrogens is 334 g/mol. The molecule has 5 nitrogen and oxygen atoms in total. The summed E-state index contributed by atoms with van der Waals surface area (Å²) in [6, 6.07) is 13.8. The standard InChI is InChI=1S/C19H19N3O2S/c1-13-18(14(2)24)25-19(22(13)10-11-23)21-16-8-9-17(20-12-16)15-6-4-3-5-7-15/h3-9,12,23H,10-11H2,1-2H3. The van der Waals surface area contributed by atoms with Crippen LogP contribution in [0.5, 0.6) is 0 Å². The van der Waals surface area contributed by atoms with Crippen molar-refractivity contribution in [1.29, 1.82) is 0 Å². The maximum atomic E-state index is 11.8. The molecule has 0 aliphatic rings. The van der Waals surface area contributed by atoms with Crippen molar-refractivity contribution < 1.29 is 9.90 Å². The highest BCUT2D eigenvalue weighted by Crippen LogP contribution is 2.20. The monoisotopic (exact) mass is 353 g/mol. The van der Waals surface area contributed by atoms with Crippen molar-refractivity contribution >= 4 is 22.8 Å². The molecule has 3 rings (SSSR count). The Morgan fingerprint density at radius 3 is 2.60 bits per heavy atom. The van der Waals surface area contributed by atoms with Crippen molar-refractivity contribution in [3.05, 3.63) is 64.0 Å². The lowest BCUT2D eigenvalue weighted by Crippen LogP contribution is -2.18. The fourth-order valence-corrected chi connectivity index (χ4v) is 3.68. The maximum absolute atomic E-state index is 11.8. The molecule has 0 aliphatic heterocycles. The second-order valence-electron chi connectivity index (χ2n) is 5.61. The van der Waals surface area contributed by atoms with Crippen molar-refractivity contribution in [3.8, 4) is 11.3 Å². The summed E-state index contributed by atoms with van der Waals surface area (Å²) < 4.78 is 1.87. The summed E-state index contributed by atoms with van der Waals surface area (Å²) in [5, 5.41) is 9.29. The van der Waals surface area contributed by atoms with E-state index < -0.39 is 0 Å². The van der Waals surface area contributed by atoms with Crippen LogP contribution in [0, 0.1) is 6.92 Å². The zero-order valence-corrected chi connectivity index (χ0v) is 15.0. The first-order valence-electron chi connectivity index (χ1n) is 7.98. The summed E-state index contributed by atoms with van der Waals surface area (Å²) in [5.41, 5.74) is 3.48. The number of carbonyl (C=O) groups excluding carboxylic acids is 1. The zero-order chi connectivity index (χ0) is 17.8. The molecule has 0 bridgehead atoms. The predicted molar refractivity (Wildman–Crippen MR) is 99.0 cm³/mol. The van der Waals surface area contributed by atoms with Gasteiger partial charge in [0, 0.05) is 24.7 Å². The number of carbonyl (C=O) groups is 1. The molecule has 2 heterocycles. The third kappa shape index (κ3) is 3.75. The summed E-state index contributed by atoms with van der Waals surface area (Å²) in [6.07, 6.45) is 1.72. The Bertz CT molecular complexity index is 941. The number of pyridine rings is 1. The topological polar surface area (TPSA) is 67.5 Å². The van der Waals surface area contributed by atoms with Gasteiger partial charge < -0.3 is 9.67 Å². The van der Waals surface area contributed by atoms with Gasteiger partial charge in [-0.3, -0.25) is 9.78 Å². The van der Waals surface area contributed by atoms with Gasteiger partial charge in [0.2, 0.25) is 0 Å². The Balaban J connectivity index is 2.00. The predicted octanol–water partition coefficient (Wildman–Crippen LogP) is 3.35. The summed E-state index contributed by atoms with van der Waals surface area (Å²) in [7, 11) is 0. The molecule has 0 atom stereocenters. The van der Waals surface area contributed by atoms with Crippen LogP contribution in [0.15, 0.2) is 53.7 Å². The molecule has 0 saturated carbocycles. The van der Waals surface area contributed by atoms with E-state index in [1.807, 2.05) is 54.0 Å². The van der Waals surface area contributed by atoms with E-state index in [1.165, 1.54) is 11.3 Å². The van der Waals surface area contributed by atoms with Crippen LogP contribution in [-0.4, -0.2) is 27.0 Å². The fraction of sp³-hybridized carbons (Fsp3) is 0.211. The number of benzene rings is 1. The number of thiazole rings is 1. The summed E-state index contributed by atoms with van der Waals surface area (Å²) in [5.74, 6) is 0.00758. The number of aromatic nitrogens is 2. The lowest BCUT2D eigenvalue weighted by atomic mass is 10.1. The minimum Gasteiger partial charge on any atom is -0.395 e. The highest BCUT2D eigenvalue weighted by atomic mass is 32.1. The summed E-state index contributed by atoms with van der Waals surface area (Å²) >= 11 is 1.34. The van der Waals surface area contributed by atoms with E-state index in [0.29, 0.717) is 21.9 Å².